The summed E-state index contributed by atoms with van der Waals surface area (Å²) in [5, 5.41) is 0. The molecule has 0 saturated carbocycles. The highest BCUT2D eigenvalue weighted by Gasteiger charge is 2.43. The molecule has 1 amide bonds. The second-order valence-corrected chi connectivity index (χ2v) is 7.74. The summed E-state index contributed by atoms with van der Waals surface area (Å²) < 4.78 is 33.1. The van der Waals surface area contributed by atoms with Crippen molar-refractivity contribution < 1.29 is 18.3 Å². The zero-order valence-corrected chi connectivity index (χ0v) is 15.6. The summed E-state index contributed by atoms with van der Waals surface area (Å²) in [7, 11) is 0. The van der Waals surface area contributed by atoms with Crippen molar-refractivity contribution >= 4 is 6.09 Å². The second-order valence-electron chi connectivity index (χ2n) is 7.74. The second kappa shape index (κ2) is 7.22. The standard InChI is InChI=1S/C18H27F2N3O2/c1-12-10-13(2)22-15(21-12)7-6-14-11-18(19,20)8-9-23(14)16(24)25-17(3,4)5/h10,14H,6-9,11H2,1-5H3. The summed E-state index contributed by atoms with van der Waals surface area (Å²) in [4.78, 5) is 22.5. The van der Waals surface area contributed by atoms with Gasteiger partial charge in [-0.2, -0.15) is 0 Å². The van der Waals surface area contributed by atoms with Crippen molar-refractivity contribution in [2.75, 3.05) is 6.54 Å². The first kappa shape index (κ1) is 19.5. The topological polar surface area (TPSA) is 55.3 Å². The van der Waals surface area contributed by atoms with E-state index in [-0.39, 0.29) is 19.4 Å². The third-order valence-electron chi connectivity index (χ3n) is 4.05. The van der Waals surface area contributed by atoms with E-state index in [4.69, 9.17) is 4.74 Å². The molecule has 0 bridgehead atoms. The number of hydrogen-bond acceptors (Lipinski definition) is 4. The molecule has 140 valence electrons. The van der Waals surface area contributed by atoms with Gasteiger partial charge in [0.2, 0.25) is 0 Å². The van der Waals surface area contributed by atoms with E-state index in [2.05, 4.69) is 9.97 Å². The van der Waals surface area contributed by atoms with Gasteiger partial charge >= 0.3 is 6.09 Å². The fourth-order valence-corrected chi connectivity index (χ4v) is 3.05. The minimum absolute atomic E-state index is 0.000280. The van der Waals surface area contributed by atoms with Crippen LogP contribution in [0.4, 0.5) is 13.6 Å². The van der Waals surface area contributed by atoms with Gasteiger partial charge in [-0.05, 0) is 47.1 Å². The van der Waals surface area contributed by atoms with Crippen LogP contribution in [0.2, 0.25) is 0 Å². The van der Waals surface area contributed by atoms with Crippen LogP contribution in [-0.4, -0.2) is 45.1 Å². The lowest BCUT2D eigenvalue weighted by Crippen LogP contribution is -2.51. The van der Waals surface area contributed by atoms with E-state index < -0.39 is 23.7 Å². The number of halogens is 2. The van der Waals surface area contributed by atoms with Crippen molar-refractivity contribution in [2.45, 2.75) is 77.9 Å². The average Bonchev–Trinajstić information content (AvgIpc) is 2.41. The minimum atomic E-state index is -2.76. The highest BCUT2D eigenvalue weighted by molar-refractivity contribution is 5.68. The van der Waals surface area contributed by atoms with Crippen LogP contribution in [0.25, 0.3) is 0 Å². The third-order valence-corrected chi connectivity index (χ3v) is 4.05. The van der Waals surface area contributed by atoms with Crippen LogP contribution in [0.5, 0.6) is 0 Å². The summed E-state index contributed by atoms with van der Waals surface area (Å²) in [5.74, 6) is -2.14. The first-order valence-electron chi connectivity index (χ1n) is 8.64. The van der Waals surface area contributed by atoms with Gasteiger partial charge in [0, 0.05) is 43.2 Å². The normalized spacial score (nSPS) is 20.4. The van der Waals surface area contributed by atoms with E-state index in [9.17, 15) is 13.6 Å². The fourth-order valence-electron chi connectivity index (χ4n) is 3.05. The molecule has 1 saturated heterocycles. The zero-order valence-electron chi connectivity index (χ0n) is 15.6. The number of alkyl halides is 2. The molecule has 1 fully saturated rings. The molecule has 0 aliphatic carbocycles. The molecule has 25 heavy (non-hydrogen) atoms. The van der Waals surface area contributed by atoms with Gasteiger partial charge < -0.3 is 9.64 Å². The largest absolute Gasteiger partial charge is 0.444 e. The van der Waals surface area contributed by atoms with Gasteiger partial charge in [-0.1, -0.05) is 0 Å². The van der Waals surface area contributed by atoms with Crippen LogP contribution >= 0.6 is 0 Å². The molecular formula is C18H27F2N3O2. The predicted molar refractivity (Wildman–Crippen MR) is 90.7 cm³/mol. The molecule has 0 radical (unpaired) electrons. The highest BCUT2D eigenvalue weighted by Crippen LogP contribution is 2.34. The van der Waals surface area contributed by atoms with E-state index in [1.165, 1.54) is 4.90 Å². The van der Waals surface area contributed by atoms with Crippen molar-refractivity contribution in [1.82, 2.24) is 14.9 Å². The van der Waals surface area contributed by atoms with Crippen LogP contribution in [0.1, 0.15) is 57.2 Å². The van der Waals surface area contributed by atoms with Gasteiger partial charge in [-0.15, -0.1) is 0 Å². The molecule has 2 heterocycles. The highest BCUT2D eigenvalue weighted by atomic mass is 19.3. The van der Waals surface area contributed by atoms with Crippen molar-refractivity contribution in [1.29, 1.82) is 0 Å². The lowest BCUT2D eigenvalue weighted by atomic mass is 9.95. The molecule has 7 heteroatoms. The van der Waals surface area contributed by atoms with E-state index in [1.807, 2.05) is 19.9 Å². The molecule has 5 nitrogen and oxygen atoms in total. The molecule has 1 aliphatic heterocycles. The van der Waals surface area contributed by atoms with Crippen molar-refractivity contribution in [3.8, 4) is 0 Å². The average molecular weight is 355 g/mol. The number of carbonyl (C=O) groups is 1. The van der Waals surface area contributed by atoms with Gasteiger partial charge in [0.05, 0.1) is 0 Å². The number of aromatic nitrogens is 2. The molecular weight excluding hydrogens is 328 g/mol. The Bertz CT molecular complexity index is 609. The lowest BCUT2D eigenvalue weighted by Gasteiger charge is -2.39. The number of piperidine rings is 1. The smallest absolute Gasteiger partial charge is 0.410 e. The third kappa shape index (κ3) is 5.90. The maximum Gasteiger partial charge on any atom is 0.410 e. The Morgan fingerprint density at radius 1 is 1.32 bits per heavy atom. The zero-order chi connectivity index (χ0) is 18.8. The number of rotatable bonds is 3. The van der Waals surface area contributed by atoms with E-state index in [1.54, 1.807) is 20.8 Å². The van der Waals surface area contributed by atoms with Gasteiger partial charge in [0.25, 0.3) is 5.92 Å². The molecule has 0 spiro atoms. The number of nitrogens with zero attached hydrogens (tertiary/aromatic N) is 3. The molecule has 0 N–H and O–H groups in total. The molecule has 2 rings (SSSR count). The number of hydrogen-bond donors (Lipinski definition) is 0. The first-order chi connectivity index (χ1) is 11.5. The molecule has 0 aromatic carbocycles. The summed E-state index contributed by atoms with van der Waals surface area (Å²) in [6.07, 6.45) is -0.380. The monoisotopic (exact) mass is 355 g/mol. The number of carbonyl (C=O) groups excluding carboxylic acids is 1. The Morgan fingerprint density at radius 3 is 2.48 bits per heavy atom. The van der Waals surface area contributed by atoms with Crippen LogP contribution in [-0.2, 0) is 11.2 Å². The summed E-state index contributed by atoms with van der Waals surface area (Å²) >= 11 is 0. The summed E-state index contributed by atoms with van der Waals surface area (Å²) in [5.41, 5.74) is 1.04. The van der Waals surface area contributed by atoms with Gasteiger partial charge in [0.15, 0.2) is 0 Å². The lowest BCUT2D eigenvalue weighted by molar-refractivity contribution is -0.0810. The molecule has 1 aromatic heterocycles. The Balaban J connectivity index is 2.10. The van der Waals surface area contributed by atoms with E-state index in [0.29, 0.717) is 18.7 Å². The quantitative estimate of drug-likeness (QED) is 0.820. The number of ether oxygens (including phenoxy) is 1. The van der Waals surface area contributed by atoms with Crippen molar-refractivity contribution in [2.24, 2.45) is 0 Å². The van der Waals surface area contributed by atoms with Gasteiger partial charge in [0.1, 0.15) is 11.4 Å². The van der Waals surface area contributed by atoms with E-state index >= 15 is 0 Å². The van der Waals surface area contributed by atoms with E-state index in [0.717, 1.165) is 11.4 Å². The molecule has 1 atom stereocenters. The first-order valence-corrected chi connectivity index (χ1v) is 8.64. The van der Waals surface area contributed by atoms with Crippen LogP contribution in [0.15, 0.2) is 6.07 Å². The Hall–Kier alpha value is -1.79. The number of likely N-dealkylation sites (tertiary alicyclic amines) is 1. The Morgan fingerprint density at radius 2 is 1.92 bits per heavy atom. The summed E-state index contributed by atoms with van der Waals surface area (Å²) in [6.45, 7) is 9.05. The van der Waals surface area contributed by atoms with Gasteiger partial charge in [-0.25, -0.2) is 23.5 Å². The predicted octanol–water partition coefficient (Wildman–Crippen LogP) is 4.06. The SMILES string of the molecule is Cc1cc(C)nc(CCC2CC(F)(F)CCN2C(=O)OC(C)(C)C)n1. The maximum atomic E-state index is 13.9. The number of amides is 1. The summed E-state index contributed by atoms with van der Waals surface area (Å²) in [6, 6.07) is 1.29. The van der Waals surface area contributed by atoms with Crippen LogP contribution < -0.4 is 0 Å². The minimum Gasteiger partial charge on any atom is -0.444 e. The molecule has 1 aliphatic rings. The molecule has 1 aromatic rings. The van der Waals surface area contributed by atoms with Crippen LogP contribution in [0, 0.1) is 13.8 Å². The van der Waals surface area contributed by atoms with Crippen LogP contribution in [0.3, 0.4) is 0 Å². The number of aryl methyl sites for hydroxylation is 3. The van der Waals surface area contributed by atoms with Crippen molar-refractivity contribution in [3.05, 3.63) is 23.3 Å². The Labute approximate surface area is 147 Å². The van der Waals surface area contributed by atoms with Gasteiger partial charge in [-0.3, -0.25) is 0 Å². The van der Waals surface area contributed by atoms with Crippen molar-refractivity contribution in [3.63, 3.8) is 0 Å². The fraction of sp³-hybridized carbons (Fsp3) is 0.722. The molecule has 1 unspecified atom stereocenters. The maximum absolute atomic E-state index is 13.9. The Kier molecular flexibility index (Phi) is 5.64.